The van der Waals surface area contributed by atoms with Crippen LogP contribution in [-0.2, 0) is 6.54 Å². The van der Waals surface area contributed by atoms with Gasteiger partial charge in [-0.05, 0) is 55.1 Å². The maximum atomic E-state index is 15.0. The lowest BCUT2D eigenvalue weighted by Crippen LogP contribution is -2.44. The zero-order chi connectivity index (χ0) is 26.8. The summed E-state index contributed by atoms with van der Waals surface area (Å²) in [6, 6.07) is 11.9. The maximum Gasteiger partial charge on any atom is 0.276 e. The maximum absolute atomic E-state index is 15.0. The van der Waals surface area contributed by atoms with E-state index in [0.29, 0.717) is 28.7 Å². The summed E-state index contributed by atoms with van der Waals surface area (Å²) in [7, 11) is 2.11. The van der Waals surface area contributed by atoms with E-state index >= 15 is 0 Å². The van der Waals surface area contributed by atoms with Gasteiger partial charge in [0.2, 0.25) is 0 Å². The average Bonchev–Trinajstić information content (AvgIpc) is 3.32. The summed E-state index contributed by atoms with van der Waals surface area (Å²) in [6.07, 6.45) is 1.42. The van der Waals surface area contributed by atoms with E-state index in [2.05, 4.69) is 42.7 Å². The highest BCUT2D eigenvalue weighted by Crippen LogP contribution is 2.29. The minimum absolute atomic E-state index is 0.0860. The largest absolute Gasteiger partial charge is 0.369 e. The molecule has 38 heavy (non-hydrogen) atoms. The van der Waals surface area contributed by atoms with Crippen LogP contribution in [-0.4, -0.2) is 65.3 Å². The minimum atomic E-state index is -0.715. The molecule has 2 aromatic carbocycles. The van der Waals surface area contributed by atoms with Crippen LogP contribution in [0.1, 0.15) is 29.9 Å². The molecule has 3 heterocycles. The minimum Gasteiger partial charge on any atom is -0.369 e. The molecule has 0 aliphatic carbocycles. The predicted octanol–water partition coefficient (Wildman–Crippen LogP) is 4.41. The van der Waals surface area contributed by atoms with Crippen molar-refractivity contribution in [3.8, 4) is 11.3 Å². The predicted molar refractivity (Wildman–Crippen MR) is 145 cm³/mol. The summed E-state index contributed by atoms with van der Waals surface area (Å²) >= 11 is 0. The molecule has 0 atom stereocenters. The second-order valence-electron chi connectivity index (χ2n) is 9.95. The zero-order valence-corrected chi connectivity index (χ0v) is 21.7. The lowest BCUT2D eigenvalue weighted by atomic mass is 10.0. The van der Waals surface area contributed by atoms with Gasteiger partial charge in [0.1, 0.15) is 11.6 Å². The van der Waals surface area contributed by atoms with Crippen LogP contribution in [0.15, 0.2) is 48.7 Å². The smallest absolute Gasteiger partial charge is 0.276 e. The highest BCUT2D eigenvalue weighted by molar-refractivity contribution is 6.11. The highest BCUT2D eigenvalue weighted by atomic mass is 19.1. The second-order valence-corrected chi connectivity index (χ2v) is 9.95. The van der Waals surface area contributed by atoms with E-state index in [1.54, 1.807) is 0 Å². The first-order chi connectivity index (χ1) is 18.3. The molecular weight excluding hydrogens is 488 g/mol. The number of aromatic nitrogens is 3. The lowest BCUT2D eigenvalue weighted by molar-refractivity contribution is 0.102. The number of halogens is 2. The first kappa shape index (κ1) is 25.7. The number of hydrogen-bond acceptors (Lipinski definition) is 6. The van der Waals surface area contributed by atoms with Crippen molar-refractivity contribution in [3.05, 3.63) is 71.6 Å². The Morgan fingerprint density at radius 1 is 1.05 bits per heavy atom. The van der Waals surface area contributed by atoms with E-state index in [-0.39, 0.29) is 23.0 Å². The van der Waals surface area contributed by atoms with Crippen LogP contribution in [0, 0.1) is 11.6 Å². The number of likely N-dealkylation sites (N-methyl/N-ethyl adjacent to an activating group) is 1. The number of piperazine rings is 1. The monoisotopic (exact) mass is 519 g/mol. The molecule has 0 unspecified atom stereocenters. The molecular formula is C28H31F2N7O. The summed E-state index contributed by atoms with van der Waals surface area (Å²) in [5.41, 5.74) is 2.68. The number of nitrogens with zero attached hydrogens (tertiary/aromatic N) is 4. The molecule has 3 N–H and O–H groups in total. The third-order valence-corrected chi connectivity index (χ3v) is 6.73. The van der Waals surface area contributed by atoms with Crippen molar-refractivity contribution in [1.29, 1.82) is 0 Å². The summed E-state index contributed by atoms with van der Waals surface area (Å²) in [4.78, 5) is 21.9. The van der Waals surface area contributed by atoms with Crippen molar-refractivity contribution in [2.24, 2.45) is 0 Å². The third kappa shape index (κ3) is 5.51. The first-order valence-electron chi connectivity index (χ1n) is 12.7. The van der Waals surface area contributed by atoms with Gasteiger partial charge in [-0.1, -0.05) is 13.8 Å². The topological polar surface area (TPSA) is 89.2 Å². The van der Waals surface area contributed by atoms with Crippen LogP contribution >= 0.6 is 0 Å². The molecule has 1 amide bonds. The van der Waals surface area contributed by atoms with Crippen molar-refractivity contribution in [2.45, 2.75) is 26.4 Å². The van der Waals surface area contributed by atoms with Gasteiger partial charge in [0.15, 0.2) is 5.69 Å². The number of benzene rings is 2. The zero-order valence-electron chi connectivity index (χ0n) is 21.7. The van der Waals surface area contributed by atoms with E-state index in [0.717, 1.165) is 31.9 Å². The van der Waals surface area contributed by atoms with Gasteiger partial charge in [-0.25, -0.2) is 8.78 Å². The Bertz CT molecular complexity index is 1420. The molecule has 8 nitrogen and oxygen atoms in total. The SMILES string of the molecule is CC(C)NCc1cc(F)c(-c2cc3c(C(=O)Nc4ccc(N5CCN(C)CC5)cc4)n[nH]c3cn2)c(F)c1. The molecule has 10 heteroatoms. The molecule has 1 fully saturated rings. The molecule has 198 valence electrons. The first-order valence-corrected chi connectivity index (χ1v) is 12.7. The molecule has 5 rings (SSSR count). The molecule has 0 spiro atoms. The van der Waals surface area contributed by atoms with Gasteiger partial charge in [0.05, 0.1) is 23.0 Å². The number of amides is 1. The van der Waals surface area contributed by atoms with Crippen LogP contribution in [0.2, 0.25) is 0 Å². The van der Waals surface area contributed by atoms with Gasteiger partial charge in [0, 0.05) is 55.5 Å². The Morgan fingerprint density at radius 2 is 1.74 bits per heavy atom. The van der Waals surface area contributed by atoms with Crippen molar-refractivity contribution in [1.82, 2.24) is 25.4 Å². The fraction of sp³-hybridized carbons (Fsp3) is 0.321. The normalized spacial score (nSPS) is 14.4. The fourth-order valence-electron chi connectivity index (χ4n) is 4.53. The quantitative estimate of drug-likeness (QED) is 0.335. The van der Waals surface area contributed by atoms with Gasteiger partial charge in [-0.2, -0.15) is 5.10 Å². The van der Waals surface area contributed by atoms with E-state index in [1.807, 2.05) is 38.1 Å². The van der Waals surface area contributed by atoms with Gasteiger partial charge in [-0.3, -0.25) is 14.9 Å². The molecule has 4 aromatic rings. The number of pyridine rings is 1. The molecule has 1 aliphatic heterocycles. The van der Waals surface area contributed by atoms with Crippen molar-refractivity contribution in [2.75, 3.05) is 43.4 Å². The highest BCUT2D eigenvalue weighted by Gasteiger charge is 2.20. The standard InChI is InChI=1S/C28H31F2N7O/c1-17(2)31-15-18-12-22(29)26(23(30)13-18)24-14-21-25(16-32-24)34-35-27(21)28(38)33-19-4-6-20(7-5-19)37-10-8-36(3)9-11-37/h4-7,12-14,16-17,31H,8-11,15H2,1-3H3,(H,33,38)(H,34,35). The fourth-order valence-corrected chi connectivity index (χ4v) is 4.53. The molecule has 1 aliphatic rings. The molecule has 1 saturated heterocycles. The molecule has 2 aromatic heterocycles. The Morgan fingerprint density at radius 3 is 2.39 bits per heavy atom. The number of nitrogens with one attached hydrogen (secondary N) is 3. The van der Waals surface area contributed by atoms with E-state index < -0.39 is 17.5 Å². The summed E-state index contributed by atoms with van der Waals surface area (Å²) in [5, 5.41) is 13.3. The summed E-state index contributed by atoms with van der Waals surface area (Å²) in [5.74, 6) is -1.86. The van der Waals surface area contributed by atoms with E-state index in [1.165, 1.54) is 24.4 Å². The summed E-state index contributed by atoms with van der Waals surface area (Å²) in [6.45, 7) is 8.20. The molecule has 0 saturated carbocycles. The summed E-state index contributed by atoms with van der Waals surface area (Å²) < 4.78 is 29.9. The molecule has 0 bridgehead atoms. The van der Waals surface area contributed by atoms with E-state index in [4.69, 9.17) is 0 Å². The van der Waals surface area contributed by atoms with Crippen LogP contribution in [0.5, 0.6) is 0 Å². The van der Waals surface area contributed by atoms with Crippen LogP contribution in [0.3, 0.4) is 0 Å². The van der Waals surface area contributed by atoms with Crippen LogP contribution in [0.4, 0.5) is 20.2 Å². The average molecular weight is 520 g/mol. The lowest BCUT2D eigenvalue weighted by Gasteiger charge is -2.34. The number of H-pyrrole nitrogens is 1. The van der Waals surface area contributed by atoms with Crippen LogP contribution < -0.4 is 15.5 Å². The number of fused-ring (bicyclic) bond motifs is 1. The Hall–Kier alpha value is -3.89. The molecule has 0 radical (unpaired) electrons. The third-order valence-electron chi connectivity index (χ3n) is 6.73. The van der Waals surface area contributed by atoms with Gasteiger partial charge in [0.25, 0.3) is 5.91 Å². The van der Waals surface area contributed by atoms with Gasteiger partial charge in [-0.15, -0.1) is 0 Å². The Labute approximate surface area is 220 Å². The van der Waals surface area contributed by atoms with Crippen molar-refractivity contribution in [3.63, 3.8) is 0 Å². The van der Waals surface area contributed by atoms with Crippen molar-refractivity contribution < 1.29 is 13.6 Å². The number of anilines is 2. The number of rotatable bonds is 7. The van der Waals surface area contributed by atoms with E-state index in [9.17, 15) is 13.6 Å². The van der Waals surface area contributed by atoms with Gasteiger partial charge < -0.3 is 20.4 Å². The Balaban J connectivity index is 1.35. The number of hydrogen-bond donors (Lipinski definition) is 3. The second kappa shape index (κ2) is 10.8. The number of carbonyl (C=O) groups excluding carboxylic acids is 1. The number of aromatic amines is 1. The van der Waals surface area contributed by atoms with Crippen molar-refractivity contribution >= 4 is 28.2 Å². The van der Waals surface area contributed by atoms with Gasteiger partial charge >= 0.3 is 0 Å². The Kier molecular flexibility index (Phi) is 7.35. The van der Waals surface area contributed by atoms with Crippen LogP contribution in [0.25, 0.3) is 22.2 Å². The number of carbonyl (C=O) groups is 1.